The molecule has 2 atom stereocenters. The molecule has 0 aromatic carbocycles. The highest BCUT2D eigenvalue weighted by Crippen LogP contribution is 2.37. The number of carbonyl (C=O) groups excluding carboxylic acids is 2. The fourth-order valence-electron chi connectivity index (χ4n) is 3.26. The molecule has 1 saturated heterocycles. The normalized spacial score (nSPS) is 24.7. The number of nitrogens with two attached hydrogens (primary N) is 1. The molecular weight excluding hydrogens is 288 g/mol. The van der Waals surface area contributed by atoms with Crippen LogP contribution in [0.25, 0.3) is 0 Å². The van der Waals surface area contributed by atoms with Gasteiger partial charge < -0.3 is 16.0 Å². The summed E-state index contributed by atoms with van der Waals surface area (Å²) >= 11 is 1.50. The summed E-state index contributed by atoms with van der Waals surface area (Å²) in [7, 11) is 0. The number of likely N-dealkylation sites (tertiary alicyclic amines) is 1. The number of aryl methyl sites for hydroxylation is 1. The number of fused-ring (bicyclic) bond motifs is 1. The number of amides is 2. The average Bonchev–Trinajstić information content (AvgIpc) is 3.02. The van der Waals surface area contributed by atoms with E-state index in [-0.39, 0.29) is 23.8 Å². The fraction of sp³-hybridized carbons (Fsp3) is 0.643. The zero-order chi connectivity index (χ0) is 15.0. The molecule has 2 amide bonds. The van der Waals surface area contributed by atoms with Crippen LogP contribution in [0.1, 0.15) is 42.7 Å². The van der Waals surface area contributed by atoms with Crippen LogP contribution in [0.5, 0.6) is 0 Å². The van der Waals surface area contributed by atoms with Gasteiger partial charge in [-0.15, -0.1) is 11.3 Å². The van der Waals surface area contributed by atoms with Crippen LogP contribution in [0.4, 0.5) is 5.13 Å². The molecule has 1 aromatic rings. The maximum absolute atomic E-state index is 12.7. The first-order valence-corrected chi connectivity index (χ1v) is 8.17. The van der Waals surface area contributed by atoms with E-state index in [9.17, 15) is 9.59 Å². The van der Waals surface area contributed by atoms with Crippen LogP contribution in [0.15, 0.2) is 0 Å². The van der Waals surface area contributed by atoms with Gasteiger partial charge in [0.1, 0.15) is 0 Å². The van der Waals surface area contributed by atoms with Crippen LogP contribution in [-0.2, 0) is 16.0 Å². The summed E-state index contributed by atoms with van der Waals surface area (Å²) in [5, 5.41) is 3.44. The molecule has 1 aliphatic heterocycles. The monoisotopic (exact) mass is 308 g/mol. The van der Waals surface area contributed by atoms with E-state index in [1.165, 1.54) is 18.3 Å². The third-order valence-electron chi connectivity index (χ3n) is 4.18. The summed E-state index contributed by atoms with van der Waals surface area (Å²) in [4.78, 5) is 31.2. The van der Waals surface area contributed by atoms with Crippen molar-refractivity contribution in [3.8, 4) is 0 Å². The third kappa shape index (κ3) is 2.88. The first-order valence-electron chi connectivity index (χ1n) is 7.35. The van der Waals surface area contributed by atoms with Gasteiger partial charge in [-0.2, -0.15) is 0 Å². The molecule has 3 rings (SSSR count). The topological polar surface area (TPSA) is 88.3 Å². The molecule has 2 heterocycles. The van der Waals surface area contributed by atoms with Crippen molar-refractivity contribution in [3.05, 3.63) is 10.6 Å². The molecule has 6 nitrogen and oxygen atoms in total. The third-order valence-corrected chi connectivity index (χ3v) is 5.14. The van der Waals surface area contributed by atoms with Crippen LogP contribution < -0.4 is 11.1 Å². The number of nitrogen functional groups attached to an aromatic ring is 1. The van der Waals surface area contributed by atoms with Gasteiger partial charge in [0.05, 0.1) is 11.6 Å². The van der Waals surface area contributed by atoms with Gasteiger partial charge in [-0.3, -0.25) is 9.59 Å². The van der Waals surface area contributed by atoms with Gasteiger partial charge in [0.2, 0.25) is 11.8 Å². The molecule has 1 fully saturated rings. The Morgan fingerprint density at radius 1 is 1.43 bits per heavy atom. The minimum absolute atomic E-state index is 0.0403. The molecule has 0 radical (unpaired) electrons. The lowest BCUT2D eigenvalue weighted by Crippen LogP contribution is -2.39. The molecular formula is C14H20N4O2S. The molecule has 2 aliphatic rings. The maximum Gasteiger partial charge on any atom is 0.231 e. The number of aromatic nitrogens is 1. The van der Waals surface area contributed by atoms with E-state index >= 15 is 0 Å². The number of anilines is 1. The van der Waals surface area contributed by atoms with Gasteiger partial charge >= 0.3 is 0 Å². The molecule has 21 heavy (non-hydrogen) atoms. The second-order valence-corrected chi connectivity index (χ2v) is 6.89. The van der Waals surface area contributed by atoms with Crippen LogP contribution >= 0.6 is 11.3 Å². The minimum atomic E-state index is -0.154. The zero-order valence-corrected chi connectivity index (χ0v) is 12.9. The van der Waals surface area contributed by atoms with Crippen molar-refractivity contribution in [2.45, 2.75) is 44.6 Å². The maximum atomic E-state index is 12.7. The van der Waals surface area contributed by atoms with E-state index in [2.05, 4.69) is 10.3 Å². The summed E-state index contributed by atoms with van der Waals surface area (Å²) < 4.78 is 0. The number of nitrogens with one attached hydrogen (secondary N) is 1. The molecule has 1 unspecified atom stereocenters. The van der Waals surface area contributed by atoms with Crippen LogP contribution in [-0.4, -0.2) is 40.8 Å². The zero-order valence-electron chi connectivity index (χ0n) is 12.1. The minimum Gasteiger partial charge on any atom is -0.375 e. The molecule has 114 valence electrons. The van der Waals surface area contributed by atoms with E-state index in [1.54, 1.807) is 0 Å². The predicted molar refractivity (Wildman–Crippen MR) is 81.0 cm³/mol. The molecule has 0 bridgehead atoms. The quantitative estimate of drug-likeness (QED) is 0.849. The Balaban J connectivity index is 1.71. The Kier molecular flexibility index (Phi) is 3.84. The molecule has 0 spiro atoms. The van der Waals surface area contributed by atoms with Gasteiger partial charge in [0.15, 0.2) is 5.13 Å². The lowest BCUT2D eigenvalue weighted by molar-refractivity contribution is -0.132. The average molecular weight is 308 g/mol. The lowest BCUT2D eigenvalue weighted by Gasteiger charge is -2.25. The van der Waals surface area contributed by atoms with E-state index in [0.717, 1.165) is 36.3 Å². The summed E-state index contributed by atoms with van der Waals surface area (Å²) in [5.41, 5.74) is 6.67. The molecule has 0 saturated carbocycles. The van der Waals surface area contributed by atoms with Crippen LogP contribution in [0.3, 0.4) is 0 Å². The number of hydrogen-bond acceptors (Lipinski definition) is 5. The summed E-state index contributed by atoms with van der Waals surface area (Å²) in [6.45, 7) is 2.81. The van der Waals surface area contributed by atoms with Crippen molar-refractivity contribution in [1.82, 2.24) is 15.2 Å². The first kappa shape index (κ1) is 14.3. The van der Waals surface area contributed by atoms with Gasteiger partial charge in [-0.05, 0) is 25.7 Å². The number of hydrogen-bond donors (Lipinski definition) is 2. The highest BCUT2D eigenvalue weighted by Gasteiger charge is 2.35. The Labute approximate surface area is 127 Å². The summed E-state index contributed by atoms with van der Waals surface area (Å²) in [5.74, 6) is -0.0611. The number of rotatable bonds is 2. The predicted octanol–water partition coefficient (Wildman–Crippen LogP) is 0.882. The van der Waals surface area contributed by atoms with E-state index in [1.807, 2.05) is 4.90 Å². The number of thiazole rings is 1. The fourth-order valence-corrected chi connectivity index (χ4v) is 4.20. The van der Waals surface area contributed by atoms with Crippen LogP contribution in [0.2, 0.25) is 0 Å². The first-order chi connectivity index (χ1) is 10.0. The van der Waals surface area contributed by atoms with Gasteiger partial charge in [0, 0.05) is 30.9 Å². The molecule has 1 aromatic heterocycles. The largest absolute Gasteiger partial charge is 0.375 e. The Morgan fingerprint density at radius 2 is 2.24 bits per heavy atom. The smallest absolute Gasteiger partial charge is 0.231 e. The van der Waals surface area contributed by atoms with Gasteiger partial charge in [-0.25, -0.2) is 4.98 Å². The summed E-state index contributed by atoms with van der Waals surface area (Å²) in [6, 6.07) is 0.0787. The van der Waals surface area contributed by atoms with Crippen molar-refractivity contribution < 1.29 is 9.59 Å². The SMILES string of the molecule is CC(=O)N[C@H]1CCN(C(=O)C2CCCc3sc(N)nc32)C1. The summed E-state index contributed by atoms with van der Waals surface area (Å²) in [6.07, 6.45) is 3.65. The van der Waals surface area contributed by atoms with Crippen molar-refractivity contribution >= 4 is 28.3 Å². The molecule has 3 N–H and O–H groups in total. The van der Waals surface area contributed by atoms with Crippen molar-refractivity contribution in [2.24, 2.45) is 0 Å². The Hall–Kier alpha value is -1.63. The molecule has 1 aliphatic carbocycles. The second kappa shape index (κ2) is 5.63. The van der Waals surface area contributed by atoms with Crippen LogP contribution in [0, 0.1) is 0 Å². The van der Waals surface area contributed by atoms with E-state index in [0.29, 0.717) is 18.2 Å². The number of nitrogens with zero attached hydrogens (tertiary/aromatic N) is 2. The number of carbonyl (C=O) groups is 2. The van der Waals surface area contributed by atoms with Crippen molar-refractivity contribution in [3.63, 3.8) is 0 Å². The lowest BCUT2D eigenvalue weighted by atomic mass is 9.90. The standard InChI is InChI=1S/C14H20N4O2S/c1-8(19)16-9-5-6-18(7-9)13(20)10-3-2-4-11-12(10)17-14(15)21-11/h9-10H,2-7H2,1H3,(H2,15,17)(H,16,19)/t9-,10?/m0/s1. The Morgan fingerprint density at radius 3 is 3.00 bits per heavy atom. The van der Waals surface area contributed by atoms with Gasteiger partial charge in [0.25, 0.3) is 0 Å². The highest BCUT2D eigenvalue weighted by molar-refractivity contribution is 7.15. The van der Waals surface area contributed by atoms with Gasteiger partial charge in [-0.1, -0.05) is 0 Å². The van der Waals surface area contributed by atoms with E-state index < -0.39 is 0 Å². The second-order valence-electron chi connectivity index (χ2n) is 5.78. The Bertz CT molecular complexity index is 571. The van der Waals surface area contributed by atoms with Crippen molar-refractivity contribution in [2.75, 3.05) is 18.8 Å². The van der Waals surface area contributed by atoms with Crippen molar-refractivity contribution in [1.29, 1.82) is 0 Å². The molecule has 7 heteroatoms. The highest BCUT2D eigenvalue weighted by atomic mass is 32.1. The van der Waals surface area contributed by atoms with E-state index in [4.69, 9.17) is 5.73 Å².